The molecule has 0 bridgehead atoms. The number of hydrogen-bond donors (Lipinski definition) is 1. The third-order valence-corrected chi connectivity index (χ3v) is 3.54. The summed E-state index contributed by atoms with van der Waals surface area (Å²) < 4.78 is 5.05. The van der Waals surface area contributed by atoms with Gasteiger partial charge in [0.05, 0.1) is 5.02 Å². The molecule has 0 unspecified atom stereocenters. The summed E-state index contributed by atoms with van der Waals surface area (Å²) in [5.74, 6) is -1.34. The summed E-state index contributed by atoms with van der Waals surface area (Å²) in [5.41, 5.74) is 0.381. The highest BCUT2D eigenvalue weighted by molar-refractivity contribution is 6.34. The lowest BCUT2D eigenvalue weighted by atomic mass is 10.3. The van der Waals surface area contributed by atoms with Crippen LogP contribution < -0.4 is 5.32 Å². The molecule has 1 atom stereocenters. The standard InChI is InChI=1S/C15H11Cl3N2O3/c1-8(14(21)19-10-4-2-9(16)3-5-10)23-15(22)13-11(17)6-7-12(18)20-13/h2-8H,1H3,(H,19,21)/t8-/m1/s1. The van der Waals surface area contributed by atoms with E-state index in [1.165, 1.54) is 19.1 Å². The number of benzene rings is 1. The van der Waals surface area contributed by atoms with Gasteiger partial charge in [-0.2, -0.15) is 0 Å². The lowest BCUT2D eigenvalue weighted by Crippen LogP contribution is -2.30. The van der Waals surface area contributed by atoms with Gasteiger partial charge in [-0.3, -0.25) is 4.79 Å². The van der Waals surface area contributed by atoms with Crippen molar-refractivity contribution in [2.24, 2.45) is 0 Å². The number of halogens is 3. The van der Waals surface area contributed by atoms with Crippen molar-refractivity contribution in [3.63, 3.8) is 0 Å². The van der Waals surface area contributed by atoms with Crippen LogP contribution in [0.5, 0.6) is 0 Å². The van der Waals surface area contributed by atoms with E-state index in [-0.39, 0.29) is 15.9 Å². The number of esters is 1. The fourth-order valence-electron chi connectivity index (χ4n) is 1.61. The van der Waals surface area contributed by atoms with Crippen LogP contribution in [0.15, 0.2) is 36.4 Å². The van der Waals surface area contributed by atoms with Crippen LogP contribution in [0, 0.1) is 0 Å². The highest BCUT2D eigenvalue weighted by Gasteiger charge is 2.22. The Morgan fingerprint density at radius 2 is 1.74 bits per heavy atom. The number of carbonyl (C=O) groups is 2. The Balaban J connectivity index is 2.01. The molecule has 0 spiro atoms. The average Bonchev–Trinajstić information content (AvgIpc) is 2.51. The molecule has 2 aromatic rings. The number of hydrogen-bond acceptors (Lipinski definition) is 4. The van der Waals surface area contributed by atoms with E-state index in [1.54, 1.807) is 24.3 Å². The number of anilines is 1. The van der Waals surface area contributed by atoms with Gasteiger partial charge in [-0.1, -0.05) is 34.8 Å². The number of carbonyl (C=O) groups excluding carboxylic acids is 2. The molecule has 120 valence electrons. The van der Waals surface area contributed by atoms with E-state index in [0.717, 1.165) is 0 Å². The Morgan fingerprint density at radius 1 is 1.09 bits per heavy atom. The second-order valence-corrected chi connectivity index (χ2v) is 5.74. The van der Waals surface area contributed by atoms with Crippen LogP contribution in [0.3, 0.4) is 0 Å². The summed E-state index contributed by atoms with van der Waals surface area (Å²) in [7, 11) is 0. The largest absolute Gasteiger partial charge is 0.448 e. The van der Waals surface area contributed by atoms with E-state index in [1.807, 2.05) is 0 Å². The number of amides is 1. The third kappa shape index (κ3) is 4.82. The van der Waals surface area contributed by atoms with Gasteiger partial charge in [-0.15, -0.1) is 0 Å². The van der Waals surface area contributed by atoms with Crippen LogP contribution in [-0.2, 0) is 9.53 Å². The molecule has 0 aliphatic heterocycles. The Hall–Kier alpha value is -1.82. The van der Waals surface area contributed by atoms with Crippen LogP contribution in [0.2, 0.25) is 15.2 Å². The molecule has 2 rings (SSSR count). The minimum Gasteiger partial charge on any atom is -0.448 e. The maximum absolute atomic E-state index is 12.0. The Morgan fingerprint density at radius 3 is 2.39 bits per heavy atom. The Bertz CT molecular complexity index is 735. The van der Waals surface area contributed by atoms with Crippen molar-refractivity contribution in [3.05, 3.63) is 57.3 Å². The van der Waals surface area contributed by atoms with Gasteiger partial charge < -0.3 is 10.1 Å². The molecule has 5 nitrogen and oxygen atoms in total. The maximum atomic E-state index is 12.0. The summed E-state index contributed by atoms with van der Waals surface area (Å²) in [6.45, 7) is 1.43. The minimum absolute atomic E-state index is 0.0877. The zero-order chi connectivity index (χ0) is 17.0. The number of ether oxygens (including phenoxy) is 1. The first-order valence-corrected chi connectivity index (χ1v) is 7.59. The topological polar surface area (TPSA) is 68.3 Å². The Kier molecular flexibility index (Phi) is 5.82. The van der Waals surface area contributed by atoms with Crippen LogP contribution in [0.1, 0.15) is 17.4 Å². The molecule has 1 aromatic carbocycles. The van der Waals surface area contributed by atoms with Crippen LogP contribution in [0.4, 0.5) is 5.69 Å². The molecule has 0 saturated heterocycles. The molecule has 8 heteroatoms. The van der Waals surface area contributed by atoms with Gasteiger partial charge in [0.25, 0.3) is 5.91 Å². The van der Waals surface area contributed by atoms with Gasteiger partial charge in [-0.25, -0.2) is 9.78 Å². The fourth-order valence-corrected chi connectivity index (χ4v) is 2.06. The molecule has 0 aliphatic carbocycles. The number of rotatable bonds is 4. The number of aromatic nitrogens is 1. The van der Waals surface area contributed by atoms with E-state index >= 15 is 0 Å². The molecule has 0 saturated carbocycles. The van der Waals surface area contributed by atoms with E-state index in [2.05, 4.69) is 10.3 Å². The summed E-state index contributed by atoms with van der Waals surface area (Å²) in [6, 6.07) is 9.38. The zero-order valence-electron chi connectivity index (χ0n) is 11.8. The van der Waals surface area contributed by atoms with E-state index in [0.29, 0.717) is 10.7 Å². The van der Waals surface area contributed by atoms with Crippen molar-refractivity contribution < 1.29 is 14.3 Å². The molecular weight excluding hydrogens is 363 g/mol. The minimum atomic E-state index is -1.05. The van der Waals surface area contributed by atoms with Crippen LogP contribution in [0.25, 0.3) is 0 Å². The molecule has 0 fully saturated rings. The normalized spacial score (nSPS) is 11.7. The average molecular weight is 374 g/mol. The van der Waals surface area contributed by atoms with Gasteiger partial charge in [0.1, 0.15) is 5.15 Å². The fraction of sp³-hybridized carbons (Fsp3) is 0.133. The van der Waals surface area contributed by atoms with Crippen molar-refractivity contribution in [1.29, 1.82) is 0 Å². The van der Waals surface area contributed by atoms with Gasteiger partial charge >= 0.3 is 5.97 Å². The first kappa shape index (κ1) is 17.5. The zero-order valence-corrected chi connectivity index (χ0v) is 14.1. The van der Waals surface area contributed by atoms with Crippen LogP contribution in [-0.4, -0.2) is 23.0 Å². The predicted molar refractivity (Wildman–Crippen MR) is 89.2 cm³/mol. The van der Waals surface area contributed by atoms with E-state index in [9.17, 15) is 9.59 Å². The highest BCUT2D eigenvalue weighted by Crippen LogP contribution is 2.19. The second kappa shape index (κ2) is 7.64. The van der Waals surface area contributed by atoms with Gasteiger partial charge in [0.15, 0.2) is 11.8 Å². The van der Waals surface area contributed by atoms with Crippen LogP contribution >= 0.6 is 34.8 Å². The molecular formula is C15H11Cl3N2O3. The van der Waals surface area contributed by atoms with Crippen molar-refractivity contribution in [2.45, 2.75) is 13.0 Å². The quantitative estimate of drug-likeness (QED) is 0.643. The third-order valence-electron chi connectivity index (χ3n) is 2.77. The lowest BCUT2D eigenvalue weighted by Gasteiger charge is -2.13. The smallest absolute Gasteiger partial charge is 0.359 e. The highest BCUT2D eigenvalue weighted by atomic mass is 35.5. The predicted octanol–water partition coefficient (Wildman–Crippen LogP) is 4.23. The van der Waals surface area contributed by atoms with E-state index in [4.69, 9.17) is 39.5 Å². The van der Waals surface area contributed by atoms with Crippen molar-refractivity contribution in [2.75, 3.05) is 5.32 Å². The first-order valence-electron chi connectivity index (χ1n) is 6.46. The molecule has 1 heterocycles. The summed E-state index contributed by atoms with van der Waals surface area (Å²) in [4.78, 5) is 27.8. The Labute approximate surface area is 147 Å². The van der Waals surface area contributed by atoms with Gasteiger partial charge in [0, 0.05) is 10.7 Å². The number of nitrogens with one attached hydrogen (secondary N) is 1. The van der Waals surface area contributed by atoms with Crippen molar-refractivity contribution in [1.82, 2.24) is 4.98 Å². The maximum Gasteiger partial charge on any atom is 0.359 e. The summed E-state index contributed by atoms with van der Waals surface area (Å²) >= 11 is 17.3. The first-order chi connectivity index (χ1) is 10.9. The van der Waals surface area contributed by atoms with Crippen molar-refractivity contribution >= 4 is 52.4 Å². The van der Waals surface area contributed by atoms with Gasteiger partial charge in [-0.05, 0) is 43.3 Å². The SMILES string of the molecule is C[C@@H](OC(=O)c1nc(Cl)ccc1Cl)C(=O)Nc1ccc(Cl)cc1. The molecule has 1 amide bonds. The second-order valence-electron chi connectivity index (χ2n) is 4.51. The molecule has 23 heavy (non-hydrogen) atoms. The summed E-state index contributed by atoms with van der Waals surface area (Å²) in [6.07, 6.45) is -1.05. The molecule has 0 radical (unpaired) electrons. The number of nitrogens with zero attached hydrogens (tertiary/aromatic N) is 1. The van der Waals surface area contributed by atoms with Crippen molar-refractivity contribution in [3.8, 4) is 0 Å². The lowest BCUT2D eigenvalue weighted by molar-refractivity contribution is -0.123. The summed E-state index contributed by atoms with van der Waals surface area (Å²) in [5, 5.41) is 3.33. The molecule has 1 aromatic heterocycles. The molecule has 0 aliphatic rings. The number of pyridine rings is 1. The van der Waals surface area contributed by atoms with E-state index < -0.39 is 18.0 Å². The van der Waals surface area contributed by atoms with Gasteiger partial charge in [0.2, 0.25) is 0 Å². The molecule has 1 N–H and O–H groups in total. The monoisotopic (exact) mass is 372 g/mol.